The Labute approximate surface area is 114 Å². The van der Waals surface area contributed by atoms with Gasteiger partial charge in [0, 0.05) is 0 Å². The number of carbonyl (C=O) groups is 1. The van der Waals surface area contributed by atoms with Gasteiger partial charge in [0.15, 0.2) is 5.60 Å². The molecule has 0 radical (unpaired) electrons. The molecule has 1 aromatic carbocycles. The van der Waals surface area contributed by atoms with Gasteiger partial charge in [-0.15, -0.1) is 0 Å². The quantitative estimate of drug-likeness (QED) is 0.584. The first kappa shape index (κ1) is 14.1. The van der Waals surface area contributed by atoms with Crippen molar-refractivity contribution in [1.82, 2.24) is 0 Å². The third kappa shape index (κ3) is 2.52. The molecule has 2 rings (SSSR count). The summed E-state index contributed by atoms with van der Waals surface area (Å²) < 4.78 is 10.9. The number of rotatable bonds is 6. The molecule has 1 aromatic rings. The molecule has 1 heterocycles. The van der Waals surface area contributed by atoms with Crippen molar-refractivity contribution in [2.75, 3.05) is 6.61 Å². The molecule has 2 atom stereocenters. The molecule has 1 fully saturated rings. The van der Waals surface area contributed by atoms with Crippen LogP contribution in [0.4, 0.5) is 0 Å². The van der Waals surface area contributed by atoms with Gasteiger partial charge >= 0.3 is 5.97 Å². The van der Waals surface area contributed by atoms with Crippen LogP contribution in [0, 0.1) is 0 Å². The van der Waals surface area contributed by atoms with Gasteiger partial charge < -0.3 is 9.47 Å². The number of ether oxygens (including phenoxy) is 2. The van der Waals surface area contributed by atoms with Gasteiger partial charge in [-0.3, -0.25) is 0 Å². The maximum atomic E-state index is 12.0. The molecule has 0 aliphatic carbocycles. The highest BCUT2D eigenvalue weighted by Crippen LogP contribution is 2.53. The molecule has 0 aromatic heterocycles. The molecule has 19 heavy (non-hydrogen) atoms. The van der Waals surface area contributed by atoms with Crippen molar-refractivity contribution in [1.29, 1.82) is 0 Å². The number of aryl methyl sites for hydroxylation is 1. The lowest BCUT2D eigenvalue weighted by Gasteiger charge is -2.14. The summed E-state index contributed by atoms with van der Waals surface area (Å²) in [6.45, 7) is 6.21. The second-order valence-corrected chi connectivity index (χ2v) is 5.22. The topological polar surface area (TPSA) is 38.8 Å². The van der Waals surface area contributed by atoms with Crippen molar-refractivity contribution >= 4 is 5.97 Å². The number of carbonyl (C=O) groups excluding carboxylic acids is 1. The molecule has 0 bridgehead atoms. The molecule has 1 aliphatic heterocycles. The van der Waals surface area contributed by atoms with Gasteiger partial charge in [-0.2, -0.15) is 0 Å². The second-order valence-electron chi connectivity index (χ2n) is 5.22. The van der Waals surface area contributed by atoms with Crippen molar-refractivity contribution in [3.63, 3.8) is 0 Å². The number of esters is 1. The highest BCUT2D eigenvalue weighted by molar-refractivity contribution is 5.84. The minimum absolute atomic E-state index is 0.215. The first-order valence-corrected chi connectivity index (χ1v) is 6.99. The highest BCUT2D eigenvalue weighted by atomic mass is 16.7. The van der Waals surface area contributed by atoms with E-state index in [4.69, 9.17) is 9.47 Å². The summed E-state index contributed by atoms with van der Waals surface area (Å²) in [6, 6.07) is 10.3. The standard InChI is InChI=1S/C16H22O3/c1-4-16(14(17)18-5-2)15(3,19-16)12-11-13-9-7-6-8-10-13/h6-10H,4-5,11-12H2,1-3H3. The van der Waals surface area contributed by atoms with Crippen LogP contribution >= 0.6 is 0 Å². The molecular weight excluding hydrogens is 240 g/mol. The van der Waals surface area contributed by atoms with E-state index in [2.05, 4.69) is 12.1 Å². The zero-order chi connectivity index (χ0) is 13.9. The Bertz CT molecular complexity index is 443. The first-order valence-electron chi connectivity index (χ1n) is 6.99. The summed E-state index contributed by atoms with van der Waals surface area (Å²) in [7, 11) is 0. The fourth-order valence-electron chi connectivity index (χ4n) is 2.74. The van der Waals surface area contributed by atoms with Crippen molar-refractivity contribution in [2.24, 2.45) is 0 Å². The first-order chi connectivity index (χ1) is 9.08. The van der Waals surface area contributed by atoms with Crippen LogP contribution in [0.1, 0.15) is 39.2 Å². The summed E-state index contributed by atoms with van der Waals surface area (Å²) in [5.41, 5.74) is 0.162. The molecule has 0 spiro atoms. The predicted octanol–water partition coefficient (Wildman–Crippen LogP) is 3.12. The molecule has 1 saturated heterocycles. The fourth-order valence-corrected chi connectivity index (χ4v) is 2.74. The van der Waals surface area contributed by atoms with Crippen LogP contribution < -0.4 is 0 Å². The highest BCUT2D eigenvalue weighted by Gasteiger charge is 2.71. The number of epoxide rings is 1. The maximum absolute atomic E-state index is 12.0. The summed E-state index contributed by atoms with van der Waals surface area (Å²) in [5.74, 6) is -0.215. The average Bonchev–Trinajstić information content (AvgIpc) is 3.05. The Morgan fingerprint density at radius 1 is 1.26 bits per heavy atom. The average molecular weight is 262 g/mol. The van der Waals surface area contributed by atoms with Crippen LogP contribution in [0.3, 0.4) is 0 Å². The van der Waals surface area contributed by atoms with Gasteiger partial charge in [0.1, 0.15) is 5.60 Å². The Hall–Kier alpha value is -1.35. The van der Waals surface area contributed by atoms with Gasteiger partial charge in [0.2, 0.25) is 0 Å². The fraction of sp³-hybridized carbons (Fsp3) is 0.562. The van der Waals surface area contributed by atoms with Crippen molar-refractivity contribution in [3.05, 3.63) is 35.9 Å². The van der Waals surface area contributed by atoms with Crippen LogP contribution in [0.5, 0.6) is 0 Å². The van der Waals surface area contributed by atoms with E-state index in [1.54, 1.807) is 0 Å². The SMILES string of the molecule is CCOC(=O)C1(CC)OC1(C)CCc1ccccc1. The van der Waals surface area contributed by atoms with E-state index in [0.717, 1.165) is 12.8 Å². The third-order valence-corrected chi connectivity index (χ3v) is 4.05. The normalized spacial score (nSPS) is 29.0. The van der Waals surface area contributed by atoms with E-state index in [9.17, 15) is 4.79 Å². The molecule has 2 unspecified atom stereocenters. The largest absolute Gasteiger partial charge is 0.464 e. The number of hydrogen-bond acceptors (Lipinski definition) is 3. The van der Waals surface area contributed by atoms with Crippen LogP contribution in [0.25, 0.3) is 0 Å². The maximum Gasteiger partial charge on any atom is 0.341 e. The minimum atomic E-state index is -0.724. The van der Waals surface area contributed by atoms with Gasteiger partial charge in [-0.1, -0.05) is 37.3 Å². The van der Waals surface area contributed by atoms with Crippen LogP contribution in [-0.4, -0.2) is 23.8 Å². The van der Waals surface area contributed by atoms with Crippen LogP contribution in [0.2, 0.25) is 0 Å². The smallest absolute Gasteiger partial charge is 0.341 e. The Morgan fingerprint density at radius 3 is 2.53 bits per heavy atom. The van der Waals surface area contributed by atoms with Crippen LogP contribution in [0.15, 0.2) is 30.3 Å². The lowest BCUT2D eigenvalue weighted by Crippen LogP contribution is -2.34. The monoisotopic (exact) mass is 262 g/mol. The summed E-state index contributed by atoms with van der Waals surface area (Å²) in [5, 5.41) is 0. The second kappa shape index (κ2) is 5.33. The Kier molecular flexibility index (Phi) is 3.95. The Morgan fingerprint density at radius 2 is 1.95 bits per heavy atom. The lowest BCUT2D eigenvalue weighted by atomic mass is 9.87. The summed E-state index contributed by atoms with van der Waals surface area (Å²) in [6.07, 6.45) is 2.42. The predicted molar refractivity (Wildman–Crippen MR) is 73.9 cm³/mol. The molecule has 104 valence electrons. The summed E-state index contributed by atoms with van der Waals surface area (Å²) >= 11 is 0. The molecule has 3 nitrogen and oxygen atoms in total. The van der Waals surface area contributed by atoms with E-state index in [0.29, 0.717) is 13.0 Å². The van der Waals surface area contributed by atoms with E-state index >= 15 is 0 Å². The van der Waals surface area contributed by atoms with Crippen molar-refractivity contribution in [2.45, 2.75) is 51.2 Å². The molecule has 0 amide bonds. The zero-order valence-electron chi connectivity index (χ0n) is 11.9. The van der Waals surface area contributed by atoms with E-state index < -0.39 is 5.60 Å². The van der Waals surface area contributed by atoms with Gasteiger partial charge in [-0.05, 0) is 38.7 Å². The third-order valence-electron chi connectivity index (χ3n) is 4.05. The zero-order valence-corrected chi connectivity index (χ0v) is 11.9. The van der Waals surface area contributed by atoms with Crippen LogP contribution in [-0.2, 0) is 20.7 Å². The molecule has 0 N–H and O–H groups in total. The minimum Gasteiger partial charge on any atom is -0.464 e. The van der Waals surface area contributed by atoms with E-state index in [-0.39, 0.29) is 11.6 Å². The lowest BCUT2D eigenvalue weighted by molar-refractivity contribution is -0.149. The number of benzene rings is 1. The van der Waals surface area contributed by atoms with Crippen molar-refractivity contribution in [3.8, 4) is 0 Å². The van der Waals surface area contributed by atoms with E-state index in [1.165, 1.54) is 5.56 Å². The van der Waals surface area contributed by atoms with Crippen molar-refractivity contribution < 1.29 is 14.3 Å². The van der Waals surface area contributed by atoms with E-state index in [1.807, 2.05) is 39.0 Å². The Balaban J connectivity index is 1.99. The summed E-state index contributed by atoms with van der Waals surface area (Å²) in [4.78, 5) is 12.0. The number of hydrogen-bond donors (Lipinski definition) is 0. The van der Waals surface area contributed by atoms with Gasteiger partial charge in [0.05, 0.1) is 6.61 Å². The van der Waals surface area contributed by atoms with Gasteiger partial charge in [-0.25, -0.2) is 4.79 Å². The molecule has 1 aliphatic rings. The molecular formula is C16H22O3. The van der Waals surface area contributed by atoms with Gasteiger partial charge in [0.25, 0.3) is 0 Å². The molecule has 3 heteroatoms. The molecule has 0 saturated carbocycles.